The molecule has 2 aliphatic carbocycles. The van der Waals surface area contributed by atoms with Crippen molar-refractivity contribution in [2.45, 2.75) is 19.2 Å². The molecule has 0 spiro atoms. The van der Waals surface area contributed by atoms with Crippen LogP contribution in [0.5, 0.6) is 0 Å². The fraction of sp³-hybridized carbons (Fsp3) is 0.214. The molecule has 19 heavy (non-hydrogen) atoms. The number of rotatable bonds is 2. The molecule has 0 aromatic heterocycles. The fourth-order valence-corrected chi connectivity index (χ4v) is 1.94. The fourth-order valence-electron chi connectivity index (χ4n) is 1.94. The van der Waals surface area contributed by atoms with Gasteiger partial charge in [0.05, 0.1) is 0 Å². The first-order valence-electron chi connectivity index (χ1n) is 5.61. The van der Waals surface area contributed by atoms with Gasteiger partial charge in [-0.05, 0) is 11.1 Å². The SMILES string of the molecule is CC(=O)OC(c1ccc2cccccc1-2)C(F)(F)F. The molecule has 5 heteroatoms. The van der Waals surface area contributed by atoms with Gasteiger partial charge in [0.15, 0.2) is 0 Å². The molecule has 0 amide bonds. The van der Waals surface area contributed by atoms with Gasteiger partial charge in [0.2, 0.25) is 6.10 Å². The van der Waals surface area contributed by atoms with E-state index in [1.54, 1.807) is 36.4 Å². The van der Waals surface area contributed by atoms with Crippen molar-refractivity contribution in [1.29, 1.82) is 0 Å². The van der Waals surface area contributed by atoms with Crippen LogP contribution in [0.25, 0.3) is 11.1 Å². The van der Waals surface area contributed by atoms with Crippen LogP contribution in [0.4, 0.5) is 13.2 Å². The van der Waals surface area contributed by atoms with Crippen LogP contribution in [0.15, 0.2) is 42.5 Å². The van der Waals surface area contributed by atoms with E-state index in [1.165, 1.54) is 6.07 Å². The highest BCUT2D eigenvalue weighted by atomic mass is 19.4. The average molecular weight is 268 g/mol. The number of hydrogen-bond donors (Lipinski definition) is 0. The molecule has 0 saturated heterocycles. The second-order valence-electron chi connectivity index (χ2n) is 4.10. The zero-order valence-electron chi connectivity index (χ0n) is 10.1. The number of alkyl halides is 3. The third-order valence-electron chi connectivity index (χ3n) is 2.69. The molecule has 0 saturated carbocycles. The topological polar surface area (TPSA) is 26.3 Å². The van der Waals surface area contributed by atoms with E-state index < -0.39 is 18.2 Å². The predicted molar refractivity (Wildman–Crippen MR) is 63.6 cm³/mol. The molecule has 2 aliphatic rings. The van der Waals surface area contributed by atoms with Gasteiger partial charge < -0.3 is 4.74 Å². The van der Waals surface area contributed by atoms with E-state index in [1.807, 2.05) is 0 Å². The highest BCUT2D eigenvalue weighted by Gasteiger charge is 2.45. The lowest BCUT2D eigenvalue weighted by Crippen LogP contribution is -2.25. The van der Waals surface area contributed by atoms with Gasteiger partial charge in [0, 0.05) is 12.5 Å². The summed E-state index contributed by atoms with van der Waals surface area (Å²) in [5.41, 5.74) is 1.05. The first-order valence-corrected chi connectivity index (χ1v) is 5.61. The van der Waals surface area contributed by atoms with Crippen molar-refractivity contribution in [2.75, 3.05) is 0 Å². The summed E-state index contributed by atoms with van der Waals surface area (Å²) in [6.45, 7) is 0.962. The summed E-state index contributed by atoms with van der Waals surface area (Å²) in [4.78, 5) is 10.9. The lowest BCUT2D eigenvalue weighted by atomic mass is 10.0. The summed E-state index contributed by atoms with van der Waals surface area (Å²) in [6.07, 6.45) is -6.87. The Morgan fingerprint density at radius 1 is 1.11 bits per heavy atom. The number of carbonyl (C=O) groups is 1. The van der Waals surface area contributed by atoms with E-state index in [9.17, 15) is 18.0 Å². The standard InChI is InChI=1S/C14H11F3O2/c1-9(18)19-13(14(15,16)17)12-8-7-10-5-3-2-4-6-11(10)12/h2-8,13H,1H3. The summed E-state index contributed by atoms with van der Waals surface area (Å²) < 4.78 is 43.4. The minimum absolute atomic E-state index is 0.0473. The van der Waals surface area contributed by atoms with Crippen LogP contribution in [0.2, 0.25) is 0 Å². The molecule has 2 nitrogen and oxygen atoms in total. The van der Waals surface area contributed by atoms with Gasteiger partial charge in [0.1, 0.15) is 0 Å². The molecule has 0 aromatic carbocycles. The maximum absolute atomic E-state index is 13.0. The van der Waals surface area contributed by atoms with Crippen LogP contribution in [-0.4, -0.2) is 12.1 Å². The van der Waals surface area contributed by atoms with Crippen molar-refractivity contribution < 1.29 is 22.7 Å². The molecule has 0 fully saturated rings. The van der Waals surface area contributed by atoms with Crippen LogP contribution in [0, 0.1) is 0 Å². The van der Waals surface area contributed by atoms with E-state index in [4.69, 9.17) is 0 Å². The summed E-state index contributed by atoms with van der Waals surface area (Å²) in [6, 6.07) is 11.3. The van der Waals surface area contributed by atoms with Crippen molar-refractivity contribution >= 4 is 5.97 Å². The van der Waals surface area contributed by atoms with Gasteiger partial charge in [-0.15, -0.1) is 0 Å². The molecule has 0 heterocycles. The Balaban J connectivity index is 2.50. The van der Waals surface area contributed by atoms with E-state index >= 15 is 0 Å². The monoisotopic (exact) mass is 268 g/mol. The van der Waals surface area contributed by atoms with Crippen LogP contribution in [0.1, 0.15) is 18.6 Å². The normalized spacial score (nSPS) is 13.3. The van der Waals surface area contributed by atoms with Gasteiger partial charge in [-0.3, -0.25) is 4.79 Å². The average Bonchev–Trinajstić information content (AvgIpc) is 2.54. The first-order chi connectivity index (χ1) is 8.89. The van der Waals surface area contributed by atoms with Gasteiger partial charge in [-0.25, -0.2) is 0 Å². The highest BCUT2D eigenvalue weighted by Crippen LogP contribution is 2.41. The molecule has 0 radical (unpaired) electrons. The summed E-state index contributed by atoms with van der Waals surface area (Å²) in [7, 11) is 0. The van der Waals surface area contributed by atoms with Crippen LogP contribution in [-0.2, 0) is 9.53 Å². The Bertz CT molecular complexity index is 563. The van der Waals surface area contributed by atoms with Crippen LogP contribution < -0.4 is 0 Å². The quantitative estimate of drug-likeness (QED) is 0.771. The lowest BCUT2D eigenvalue weighted by molar-refractivity contribution is -0.222. The molecular formula is C14H11F3O2. The maximum Gasteiger partial charge on any atom is 0.429 e. The Kier molecular flexibility index (Phi) is 3.46. The number of halogens is 3. The van der Waals surface area contributed by atoms with Crippen molar-refractivity contribution in [2.24, 2.45) is 0 Å². The second kappa shape index (κ2) is 4.91. The van der Waals surface area contributed by atoms with Crippen molar-refractivity contribution in [3.05, 3.63) is 48.0 Å². The minimum Gasteiger partial charge on any atom is -0.448 e. The highest BCUT2D eigenvalue weighted by molar-refractivity contribution is 5.72. The van der Waals surface area contributed by atoms with E-state index in [0.29, 0.717) is 11.1 Å². The van der Waals surface area contributed by atoms with E-state index in [0.717, 1.165) is 6.92 Å². The zero-order valence-corrected chi connectivity index (χ0v) is 10.1. The third-order valence-corrected chi connectivity index (χ3v) is 2.69. The zero-order chi connectivity index (χ0) is 14.0. The van der Waals surface area contributed by atoms with Gasteiger partial charge in [-0.1, -0.05) is 42.5 Å². The number of esters is 1. The van der Waals surface area contributed by atoms with Crippen molar-refractivity contribution in [1.82, 2.24) is 0 Å². The maximum atomic E-state index is 13.0. The summed E-state index contributed by atoms with van der Waals surface area (Å²) >= 11 is 0. The minimum atomic E-state index is -4.64. The van der Waals surface area contributed by atoms with Crippen molar-refractivity contribution in [3.63, 3.8) is 0 Å². The predicted octanol–water partition coefficient (Wildman–Crippen LogP) is 3.96. The Hall–Kier alpha value is -2.04. The number of carbonyl (C=O) groups excluding carboxylic acids is 1. The summed E-state index contributed by atoms with van der Waals surface area (Å²) in [5.74, 6) is -0.961. The second-order valence-corrected chi connectivity index (χ2v) is 4.10. The van der Waals surface area contributed by atoms with Crippen molar-refractivity contribution in [3.8, 4) is 11.1 Å². The molecule has 2 rings (SSSR count). The van der Waals surface area contributed by atoms with Gasteiger partial charge in [0.25, 0.3) is 0 Å². The molecule has 1 atom stereocenters. The number of fused-ring (bicyclic) bond motifs is 1. The Labute approximate surface area is 108 Å². The third kappa shape index (κ3) is 2.86. The number of hydrogen-bond acceptors (Lipinski definition) is 2. The van der Waals surface area contributed by atoms with Crippen LogP contribution in [0.3, 0.4) is 0 Å². The van der Waals surface area contributed by atoms with E-state index in [2.05, 4.69) is 4.74 Å². The molecule has 0 N–H and O–H groups in total. The Morgan fingerprint density at radius 3 is 2.42 bits per heavy atom. The van der Waals surface area contributed by atoms with E-state index in [-0.39, 0.29) is 5.56 Å². The summed E-state index contributed by atoms with van der Waals surface area (Å²) in [5, 5.41) is 0. The molecule has 0 aromatic rings. The molecule has 0 bridgehead atoms. The van der Waals surface area contributed by atoms with Gasteiger partial charge >= 0.3 is 12.1 Å². The first kappa shape index (κ1) is 13.4. The molecular weight excluding hydrogens is 257 g/mol. The largest absolute Gasteiger partial charge is 0.448 e. The number of ether oxygens (including phenoxy) is 1. The molecule has 1 unspecified atom stereocenters. The Morgan fingerprint density at radius 2 is 1.79 bits per heavy atom. The van der Waals surface area contributed by atoms with Crippen LogP contribution >= 0.6 is 0 Å². The molecule has 0 aliphatic heterocycles. The smallest absolute Gasteiger partial charge is 0.429 e. The molecule has 100 valence electrons. The lowest BCUT2D eigenvalue weighted by Gasteiger charge is -2.20. The van der Waals surface area contributed by atoms with Gasteiger partial charge in [-0.2, -0.15) is 13.2 Å².